The second-order valence-electron chi connectivity index (χ2n) is 4.57. The lowest BCUT2D eigenvalue weighted by molar-refractivity contribution is -0.142. The fourth-order valence-corrected chi connectivity index (χ4v) is 2.40. The van der Waals surface area contributed by atoms with E-state index in [9.17, 15) is 9.90 Å². The van der Waals surface area contributed by atoms with Gasteiger partial charge in [0.25, 0.3) is 0 Å². The van der Waals surface area contributed by atoms with E-state index in [1.165, 1.54) is 0 Å². The van der Waals surface area contributed by atoms with Crippen LogP contribution in [0.4, 0.5) is 5.69 Å². The predicted octanol–water partition coefficient (Wildman–Crippen LogP) is 4.14. The van der Waals surface area contributed by atoms with Crippen molar-refractivity contribution >= 4 is 23.3 Å². The van der Waals surface area contributed by atoms with Crippen molar-refractivity contribution < 1.29 is 9.90 Å². The number of anilines is 1. The first-order valence-corrected chi connectivity index (χ1v) is 6.79. The number of para-hydroxylation sites is 1. The molecule has 0 heterocycles. The minimum Gasteiger partial charge on any atom is -0.479 e. The number of hydrogen-bond acceptors (Lipinski definition) is 2. The summed E-state index contributed by atoms with van der Waals surface area (Å²) >= 11 is 5.99. The molecule has 2 aromatic rings. The van der Waals surface area contributed by atoms with E-state index in [-0.39, 0.29) is 0 Å². The van der Waals surface area contributed by atoms with Crippen molar-refractivity contribution in [2.75, 3.05) is 5.32 Å². The predicted molar refractivity (Wildman–Crippen MR) is 81.1 cm³/mol. The lowest BCUT2D eigenvalue weighted by atomic mass is 9.87. The normalized spacial score (nSPS) is 13.5. The second-order valence-corrected chi connectivity index (χ2v) is 5.00. The summed E-state index contributed by atoms with van der Waals surface area (Å²) in [7, 11) is 0. The summed E-state index contributed by atoms with van der Waals surface area (Å²) in [4.78, 5) is 11.9. The molecule has 2 aromatic carbocycles. The molecule has 0 amide bonds. The highest BCUT2D eigenvalue weighted by atomic mass is 35.5. The van der Waals surface area contributed by atoms with Gasteiger partial charge in [0.05, 0.1) is 0 Å². The van der Waals surface area contributed by atoms with Crippen LogP contribution in [-0.2, 0) is 10.3 Å². The molecule has 0 bridgehead atoms. The van der Waals surface area contributed by atoms with E-state index < -0.39 is 11.5 Å². The molecule has 3 nitrogen and oxygen atoms in total. The number of halogens is 1. The maximum Gasteiger partial charge on any atom is 0.334 e. The van der Waals surface area contributed by atoms with Crippen molar-refractivity contribution in [1.29, 1.82) is 0 Å². The number of aliphatic carboxylic acids is 1. The Kier molecular flexibility index (Phi) is 4.30. The number of hydrogen-bond donors (Lipinski definition) is 2. The van der Waals surface area contributed by atoms with Crippen LogP contribution in [-0.4, -0.2) is 11.1 Å². The number of rotatable bonds is 5. The molecule has 0 fully saturated rings. The molecule has 20 heavy (non-hydrogen) atoms. The molecule has 1 unspecified atom stereocenters. The second kappa shape index (κ2) is 5.97. The van der Waals surface area contributed by atoms with Crippen molar-refractivity contribution in [3.8, 4) is 0 Å². The third kappa shape index (κ3) is 2.78. The standard InChI is InChI=1S/C16H16ClNO2/c1-2-16(15(19)20,12-7-6-8-13(17)11-12)18-14-9-4-3-5-10-14/h3-11,18H,2H2,1H3,(H,19,20). The van der Waals surface area contributed by atoms with E-state index in [0.29, 0.717) is 17.0 Å². The van der Waals surface area contributed by atoms with Crippen LogP contribution in [0.1, 0.15) is 18.9 Å². The number of nitrogens with one attached hydrogen (secondary N) is 1. The summed E-state index contributed by atoms with van der Waals surface area (Å²) < 4.78 is 0. The molecule has 4 heteroatoms. The fraction of sp³-hybridized carbons (Fsp3) is 0.188. The third-order valence-electron chi connectivity index (χ3n) is 3.34. The molecule has 0 aromatic heterocycles. The highest BCUT2D eigenvalue weighted by Gasteiger charge is 2.38. The Morgan fingerprint density at radius 1 is 1.20 bits per heavy atom. The molecule has 1 atom stereocenters. The van der Waals surface area contributed by atoms with Gasteiger partial charge in [0.1, 0.15) is 0 Å². The minimum atomic E-state index is -1.19. The van der Waals surface area contributed by atoms with Crippen molar-refractivity contribution in [3.63, 3.8) is 0 Å². The highest BCUT2D eigenvalue weighted by Crippen LogP contribution is 2.31. The van der Waals surface area contributed by atoms with Crippen LogP contribution in [0.25, 0.3) is 0 Å². The van der Waals surface area contributed by atoms with Gasteiger partial charge in [-0.05, 0) is 36.2 Å². The van der Waals surface area contributed by atoms with E-state index in [4.69, 9.17) is 11.6 Å². The lowest BCUT2D eigenvalue weighted by Gasteiger charge is -2.31. The van der Waals surface area contributed by atoms with Crippen LogP contribution >= 0.6 is 11.6 Å². The summed E-state index contributed by atoms with van der Waals surface area (Å²) in [6.45, 7) is 1.84. The van der Waals surface area contributed by atoms with Gasteiger partial charge < -0.3 is 10.4 Å². The molecule has 0 aliphatic rings. The molecular formula is C16H16ClNO2. The van der Waals surface area contributed by atoms with Crippen molar-refractivity contribution in [1.82, 2.24) is 0 Å². The molecule has 2 N–H and O–H groups in total. The Morgan fingerprint density at radius 3 is 2.45 bits per heavy atom. The molecule has 104 valence electrons. The first kappa shape index (κ1) is 14.4. The molecular weight excluding hydrogens is 274 g/mol. The van der Waals surface area contributed by atoms with Crippen LogP contribution < -0.4 is 5.32 Å². The quantitative estimate of drug-likeness (QED) is 0.869. The number of carboxylic acid groups (broad SMARTS) is 1. The van der Waals surface area contributed by atoms with E-state index in [0.717, 1.165) is 5.69 Å². The van der Waals surface area contributed by atoms with E-state index in [1.807, 2.05) is 37.3 Å². The van der Waals surface area contributed by atoms with Gasteiger partial charge >= 0.3 is 5.97 Å². The zero-order valence-electron chi connectivity index (χ0n) is 11.1. The maximum atomic E-state index is 11.9. The molecule has 0 radical (unpaired) electrons. The van der Waals surface area contributed by atoms with Crippen molar-refractivity contribution in [2.45, 2.75) is 18.9 Å². The van der Waals surface area contributed by atoms with Gasteiger partial charge in [-0.25, -0.2) is 4.79 Å². The molecule has 2 rings (SSSR count). The number of carboxylic acids is 1. The van der Waals surface area contributed by atoms with Gasteiger partial charge in [0.15, 0.2) is 5.54 Å². The van der Waals surface area contributed by atoms with Crippen LogP contribution in [0, 0.1) is 0 Å². The Morgan fingerprint density at radius 2 is 1.90 bits per heavy atom. The monoisotopic (exact) mass is 289 g/mol. The van der Waals surface area contributed by atoms with E-state index in [2.05, 4.69) is 5.32 Å². The first-order valence-electron chi connectivity index (χ1n) is 6.41. The van der Waals surface area contributed by atoms with E-state index >= 15 is 0 Å². The Labute approximate surface area is 123 Å². The average Bonchev–Trinajstić information content (AvgIpc) is 2.45. The smallest absolute Gasteiger partial charge is 0.334 e. The first-order chi connectivity index (χ1) is 9.58. The van der Waals surface area contributed by atoms with Gasteiger partial charge in [-0.1, -0.05) is 48.9 Å². The largest absolute Gasteiger partial charge is 0.479 e. The van der Waals surface area contributed by atoms with Gasteiger partial charge in [-0.2, -0.15) is 0 Å². The van der Waals surface area contributed by atoms with E-state index in [1.54, 1.807) is 24.3 Å². The molecule has 0 aliphatic heterocycles. The van der Waals surface area contributed by atoms with Crippen LogP contribution in [0.5, 0.6) is 0 Å². The SMILES string of the molecule is CCC(Nc1ccccc1)(C(=O)O)c1cccc(Cl)c1. The highest BCUT2D eigenvalue weighted by molar-refractivity contribution is 6.30. The third-order valence-corrected chi connectivity index (χ3v) is 3.58. The maximum absolute atomic E-state index is 11.9. The van der Waals surface area contributed by atoms with Gasteiger partial charge in [-0.15, -0.1) is 0 Å². The fourth-order valence-electron chi connectivity index (χ4n) is 2.21. The molecule has 0 saturated carbocycles. The topological polar surface area (TPSA) is 49.3 Å². The Bertz CT molecular complexity index is 600. The summed E-state index contributed by atoms with van der Waals surface area (Å²) in [5, 5.41) is 13.4. The molecule has 0 spiro atoms. The van der Waals surface area contributed by atoms with Crippen LogP contribution in [0.3, 0.4) is 0 Å². The Hall–Kier alpha value is -2.00. The Balaban J connectivity index is 2.48. The average molecular weight is 290 g/mol. The van der Waals surface area contributed by atoms with Crippen molar-refractivity contribution in [3.05, 3.63) is 65.2 Å². The number of carbonyl (C=O) groups is 1. The van der Waals surface area contributed by atoms with Crippen LogP contribution in [0.15, 0.2) is 54.6 Å². The van der Waals surface area contributed by atoms with Gasteiger partial charge in [0, 0.05) is 10.7 Å². The zero-order valence-corrected chi connectivity index (χ0v) is 11.9. The molecule has 0 aliphatic carbocycles. The summed E-state index contributed by atoms with van der Waals surface area (Å²) in [6, 6.07) is 16.3. The summed E-state index contributed by atoms with van der Waals surface area (Å²) in [6.07, 6.45) is 0.400. The van der Waals surface area contributed by atoms with Gasteiger partial charge in [0.2, 0.25) is 0 Å². The van der Waals surface area contributed by atoms with Crippen molar-refractivity contribution in [2.24, 2.45) is 0 Å². The minimum absolute atomic E-state index is 0.400. The summed E-state index contributed by atoms with van der Waals surface area (Å²) in [5.41, 5.74) is 0.215. The van der Waals surface area contributed by atoms with Crippen LogP contribution in [0.2, 0.25) is 5.02 Å². The summed E-state index contributed by atoms with van der Waals surface area (Å²) in [5.74, 6) is -0.925. The lowest BCUT2D eigenvalue weighted by Crippen LogP contribution is -2.43. The van der Waals surface area contributed by atoms with Gasteiger partial charge in [-0.3, -0.25) is 0 Å². The zero-order chi connectivity index (χ0) is 14.6. The number of benzene rings is 2. The molecule has 0 saturated heterocycles.